The smallest absolute Gasteiger partial charge is 0.163 e. The van der Waals surface area contributed by atoms with Gasteiger partial charge in [0.2, 0.25) is 0 Å². The van der Waals surface area contributed by atoms with Gasteiger partial charge in [-0.25, -0.2) is 15.0 Å². The fourth-order valence-electron chi connectivity index (χ4n) is 3.51. The molecular formula is C25H23N3O6. The molecule has 0 aliphatic heterocycles. The van der Waals surface area contributed by atoms with E-state index in [-0.39, 0.29) is 37.9 Å². The number of phenols is 2. The summed E-state index contributed by atoms with van der Waals surface area (Å²) in [4.78, 5) is 12.3. The molecule has 4 rings (SSSR count). The van der Waals surface area contributed by atoms with E-state index in [0.717, 1.165) is 0 Å². The van der Waals surface area contributed by atoms with Crippen molar-refractivity contribution in [2.24, 2.45) is 0 Å². The third-order valence-corrected chi connectivity index (χ3v) is 5.01. The lowest BCUT2D eigenvalue weighted by Crippen LogP contribution is -2.01. The van der Waals surface area contributed by atoms with Gasteiger partial charge in [-0.3, -0.25) is 0 Å². The minimum atomic E-state index is -0.137. The number of ether oxygens (including phenoxy) is 2. The topological polar surface area (TPSA) is 138 Å². The van der Waals surface area contributed by atoms with Crippen LogP contribution in [-0.2, 0) is 0 Å². The number of rotatable bonds is 9. The molecule has 4 aromatic rings. The van der Waals surface area contributed by atoms with Crippen LogP contribution in [0.2, 0.25) is 0 Å². The Balaban J connectivity index is 1.80. The molecule has 0 amide bonds. The molecule has 174 valence electrons. The van der Waals surface area contributed by atoms with E-state index < -0.39 is 0 Å². The van der Waals surface area contributed by atoms with Gasteiger partial charge in [-0.1, -0.05) is 6.07 Å². The predicted octanol–water partition coefficient (Wildman–Crippen LogP) is 3.03. The maximum absolute atomic E-state index is 10.8. The second-order valence-electron chi connectivity index (χ2n) is 7.22. The fraction of sp³-hybridized carbons (Fsp3) is 0.160. The van der Waals surface area contributed by atoms with Crippen molar-refractivity contribution in [2.75, 3.05) is 26.4 Å². The molecular weight excluding hydrogens is 438 g/mol. The molecule has 0 saturated carbocycles. The zero-order valence-electron chi connectivity index (χ0n) is 18.1. The van der Waals surface area contributed by atoms with Crippen LogP contribution in [0.5, 0.6) is 23.0 Å². The number of phenolic OH excluding ortho intramolecular Hbond substituents is 2. The van der Waals surface area contributed by atoms with Gasteiger partial charge in [-0.2, -0.15) is 0 Å². The van der Waals surface area contributed by atoms with E-state index in [4.69, 9.17) is 19.7 Å². The van der Waals surface area contributed by atoms with Gasteiger partial charge in [-0.15, -0.1) is 0 Å². The highest BCUT2D eigenvalue weighted by Crippen LogP contribution is 2.41. The highest BCUT2D eigenvalue weighted by molar-refractivity contribution is 5.88. The van der Waals surface area contributed by atoms with E-state index >= 15 is 0 Å². The number of aliphatic hydroxyl groups is 2. The molecule has 4 N–H and O–H groups in total. The van der Waals surface area contributed by atoms with Gasteiger partial charge in [0.15, 0.2) is 5.82 Å². The molecule has 1 heterocycles. The van der Waals surface area contributed by atoms with Crippen molar-refractivity contribution < 1.29 is 29.9 Å². The highest BCUT2D eigenvalue weighted by atomic mass is 16.5. The Bertz CT molecular complexity index is 1270. The van der Waals surface area contributed by atoms with Gasteiger partial charge in [-0.05, 0) is 47.5 Å². The zero-order valence-corrected chi connectivity index (χ0v) is 18.1. The Morgan fingerprint density at radius 2 is 1.18 bits per heavy atom. The Hall–Kier alpha value is -4.21. The second kappa shape index (κ2) is 10.6. The molecule has 0 aliphatic rings. The van der Waals surface area contributed by atoms with Crippen LogP contribution >= 0.6 is 0 Å². The monoisotopic (exact) mass is 461 g/mol. The Morgan fingerprint density at radius 3 is 1.74 bits per heavy atom. The summed E-state index contributed by atoms with van der Waals surface area (Å²) in [6.45, 7) is -0.0261. The minimum Gasteiger partial charge on any atom is -0.507 e. The maximum atomic E-state index is 10.8. The van der Waals surface area contributed by atoms with Crippen LogP contribution in [0.3, 0.4) is 0 Å². The van der Waals surface area contributed by atoms with Crippen LogP contribution in [0.1, 0.15) is 0 Å². The lowest BCUT2D eigenvalue weighted by Gasteiger charge is -2.15. The Kier molecular flexibility index (Phi) is 7.16. The third kappa shape index (κ3) is 5.06. The quantitative estimate of drug-likeness (QED) is 0.296. The van der Waals surface area contributed by atoms with Gasteiger partial charge in [0, 0.05) is 28.8 Å². The third-order valence-electron chi connectivity index (χ3n) is 5.01. The summed E-state index contributed by atoms with van der Waals surface area (Å²) in [6, 6.07) is 15.2. The molecule has 0 saturated heterocycles. The van der Waals surface area contributed by atoms with Crippen molar-refractivity contribution in [3.63, 3.8) is 0 Å². The van der Waals surface area contributed by atoms with Gasteiger partial charge in [0.05, 0.1) is 13.2 Å². The number of aromatic hydroxyl groups is 2. The standard InChI is InChI=1S/C25H23N3O6/c29-7-9-33-17-2-5-19(23(31)12-17)16-1-4-21(25-27-14-26-15-28-25)22(11-16)20-6-3-18(13-24(20)32)34-10-8-30/h1-6,11-15,29-32H,7-10H2. The molecule has 0 aliphatic carbocycles. The summed E-state index contributed by atoms with van der Waals surface area (Å²) in [5, 5.41) is 39.3. The van der Waals surface area contributed by atoms with E-state index in [9.17, 15) is 10.2 Å². The van der Waals surface area contributed by atoms with Crippen LogP contribution in [-0.4, -0.2) is 61.8 Å². The molecule has 0 bridgehead atoms. The van der Waals surface area contributed by atoms with Crippen molar-refractivity contribution in [3.8, 4) is 56.6 Å². The van der Waals surface area contributed by atoms with Crippen LogP contribution in [0.4, 0.5) is 0 Å². The highest BCUT2D eigenvalue weighted by Gasteiger charge is 2.17. The summed E-state index contributed by atoms with van der Waals surface area (Å²) < 4.78 is 10.7. The summed E-state index contributed by atoms with van der Waals surface area (Å²) in [5.74, 6) is 1.26. The van der Waals surface area contributed by atoms with Crippen molar-refractivity contribution in [1.82, 2.24) is 15.0 Å². The molecule has 0 radical (unpaired) electrons. The summed E-state index contributed by atoms with van der Waals surface area (Å²) in [5.41, 5.74) is 3.06. The van der Waals surface area contributed by atoms with Gasteiger partial charge >= 0.3 is 0 Å². The second-order valence-corrected chi connectivity index (χ2v) is 7.22. The van der Waals surface area contributed by atoms with Crippen molar-refractivity contribution >= 4 is 0 Å². The normalized spacial score (nSPS) is 10.8. The van der Waals surface area contributed by atoms with Crippen LogP contribution in [0.15, 0.2) is 67.3 Å². The van der Waals surface area contributed by atoms with E-state index in [1.807, 2.05) is 18.2 Å². The lowest BCUT2D eigenvalue weighted by atomic mass is 9.93. The molecule has 0 unspecified atom stereocenters. The summed E-state index contributed by atoms with van der Waals surface area (Å²) in [6.07, 6.45) is 2.78. The molecule has 9 heteroatoms. The van der Waals surface area contributed by atoms with E-state index in [0.29, 0.717) is 45.1 Å². The van der Waals surface area contributed by atoms with Crippen LogP contribution < -0.4 is 9.47 Å². The maximum Gasteiger partial charge on any atom is 0.163 e. The first kappa shape index (κ1) is 23.0. The number of hydrogen-bond acceptors (Lipinski definition) is 9. The molecule has 0 atom stereocenters. The predicted molar refractivity (Wildman–Crippen MR) is 125 cm³/mol. The first-order valence-electron chi connectivity index (χ1n) is 10.5. The zero-order chi connectivity index (χ0) is 23.9. The van der Waals surface area contributed by atoms with Gasteiger partial charge in [0.25, 0.3) is 0 Å². The van der Waals surface area contributed by atoms with Crippen molar-refractivity contribution in [1.29, 1.82) is 0 Å². The fourth-order valence-corrected chi connectivity index (χ4v) is 3.51. The largest absolute Gasteiger partial charge is 0.507 e. The number of hydrogen-bond donors (Lipinski definition) is 4. The minimum absolute atomic E-state index is 0.00581. The van der Waals surface area contributed by atoms with E-state index in [1.54, 1.807) is 24.3 Å². The average molecular weight is 461 g/mol. The van der Waals surface area contributed by atoms with Crippen LogP contribution in [0, 0.1) is 0 Å². The number of nitrogens with zero attached hydrogens (tertiary/aromatic N) is 3. The number of aromatic nitrogens is 3. The molecule has 9 nitrogen and oxygen atoms in total. The first-order valence-corrected chi connectivity index (χ1v) is 10.5. The van der Waals surface area contributed by atoms with Gasteiger partial charge < -0.3 is 29.9 Å². The average Bonchev–Trinajstić information content (AvgIpc) is 2.86. The number of benzene rings is 3. The Labute approximate surface area is 195 Å². The Morgan fingerprint density at radius 1 is 0.618 bits per heavy atom. The molecule has 34 heavy (non-hydrogen) atoms. The number of aliphatic hydroxyl groups excluding tert-OH is 2. The van der Waals surface area contributed by atoms with Crippen molar-refractivity contribution in [2.45, 2.75) is 0 Å². The van der Waals surface area contributed by atoms with E-state index in [2.05, 4.69) is 15.0 Å². The lowest BCUT2D eigenvalue weighted by molar-refractivity contribution is 0.201. The van der Waals surface area contributed by atoms with Crippen LogP contribution in [0.25, 0.3) is 33.6 Å². The molecule has 0 fully saturated rings. The van der Waals surface area contributed by atoms with Gasteiger partial charge in [0.1, 0.15) is 48.9 Å². The summed E-state index contributed by atoms with van der Waals surface area (Å²) >= 11 is 0. The summed E-state index contributed by atoms with van der Waals surface area (Å²) in [7, 11) is 0. The molecule has 0 spiro atoms. The van der Waals surface area contributed by atoms with Crippen molar-refractivity contribution in [3.05, 3.63) is 67.3 Å². The first-order chi connectivity index (χ1) is 16.6. The molecule has 1 aromatic heterocycles. The molecule has 3 aromatic carbocycles. The SMILES string of the molecule is OCCOc1ccc(-c2ccc(-c3ncncn3)c(-c3ccc(OCCO)cc3O)c2)c(O)c1. The van der Waals surface area contributed by atoms with E-state index in [1.165, 1.54) is 24.8 Å².